The summed E-state index contributed by atoms with van der Waals surface area (Å²) in [7, 11) is 1.82. The van der Waals surface area contributed by atoms with Crippen LogP contribution in [0.5, 0.6) is 0 Å². The van der Waals surface area contributed by atoms with Gasteiger partial charge in [-0.15, -0.1) is 11.3 Å². The van der Waals surface area contributed by atoms with E-state index in [1.54, 1.807) is 22.4 Å². The summed E-state index contributed by atoms with van der Waals surface area (Å²) in [5.41, 5.74) is 2.49. The Morgan fingerprint density at radius 3 is 2.75 bits per heavy atom. The quantitative estimate of drug-likeness (QED) is 0.704. The first-order valence-corrected chi connectivity index (χ1v) is 8.62. The smallest absolute Gasteiger partial charge is 0.253 e. The Morgan fingerprint density at radius 2 is 2.08 bits per heavy atom. The van der Waals surface area contributed by atoms with Gasteiger partial charge in [0, 0.05) is 30.5 Å². The van der Waals surface area contributed by atoms with E-state index in [1.165, 1.54) is 0 Å². The molecule has 2 aromatic heterocycles. The van der Waals surface area contributed by atoms with E-state index in [0.717, 1.165) is 22.0 Å². The highest BCUT2D eigenvalue weighted by molar-refractivity contribution is 7.10. The lowest BCUT2D eigenvalue weighted by atomic mass is 10.1. The number of nitrogens with zero attached hydrogens (tertiary/aromatic N) is 3. The van der Waals surface area contributed by atoms with Crippen LogP contribution in [0.3, 0.4) is 0 Å². The number of carbonyl (C=O) groups excluding carboxylic acids is 1. The molecule has 0 saturated carbocycles. The summed E-state index contributed by atoms with van der Waals surface area (Å²) in [4.78, 5) is 18.9. The molecule has 124 valence electrons. The number of aryl methyl sites for hydroxylation is 1. The molecule has 0 aliphatic rings. The Labute approximate surface area is 144 Å². The average Bonchev–Trinajstić information content (AvgIpc) is 3.23. The van der Waals surface area contributed by atoms with Gasteiger partial charge in [-0.2, -0.15) is 0 Å². The largest absolute Gasteiger partial charge is 0.361 e. The van der Waals surface area contributed by atoms with Gasteiger partial charge in [-0.3, -0.25) is 4.79 Å². The Balaban J connectivity index is 1.69. The summed E-state index contributed by atoms with van der Waals surface area (Å²) in [6.45, 7) is 4.57. The molecule has 0 bridgehead atoms. The molecule has 1 atom stereocenters. The predicted molar refractivity (Wildman–Crippen MR) is 94.2 cm³/mol. The Morgan fingerprint density at radius 1 is 1.33 bits per heavy atom. The molecule has 0 saturated heterocycles. The van der Waals surface area contributed by atoms with E-state index in [-0.39, 0.29) is 11.8 Å². The fourth-order valence-corrected chi connectivity index (χ4v) is 3.43. The topological polar surface area (TPSA) is 59.2 Å². The fraction of sp³-hybridized carbons (Fsp3) is 0.278. The standard InChI is InChI=1S/C18H19N3O2S/c1-12(10-21(3)18(22)14-7-5-4-6-8-14)17-20-16(11-24-17)15-9-19-23-13(15)2/h4-9,11-12H,10H2,1-3H3/t12-/m0/s1. The maximum absolute atomic E-state index is 12.4. The monoisotopic (exact) mass is 341 g/mol. The zero-order valence-electron chi connectivity index (χ0n) is 13.9. The van der Waals surface area contributed by atoms with Gasteiger partial charge in [-0.1, -0.05) is 30.3 Å². The van der Waals surface area contributed by atoms with Crippen molar-refractivity contribution in [3.8, 4) is 11.3 Å². The number of thiazole rings is 1. The Hall–Kier alpha value is -2.47. The fourth-order valence-electron chi connectivity index (χ4n) is 2.56. The lowest BCUT2D eigenvalue weighted by molar-refractivity contribution is 0.0788. The molecule has 3 rings (SSSR count). The lowest BCUT2D eigenvalue weighted by Crippen LogP contribution is -2.30. The van der Waals surface area contributed by atoms with Gasteiger partial charge in [0.25, 0.3) is 5.91 Å². The molecule has 0 spiro atoms. The van der Waals surface area contributed by atoms with Crippen molar-refractivity contribution in [2.75, 3.05) is 13.6 Å². The number of hydrogen-bond acceptors (Lipinski definition) is 5. The highest BCUT2D eigenvalue weighted by atomic mass is 32.1. The molecule has 0 radical (unpaired) electrons. The highest BCUT2D eigenvalue weighted by Gasteiger charge is 2.19. The summed E-state index contributed by atoms with van der Waals surface area (Å²) >= 11 is 1.60. The van der Waals surface area contributed by atoms with Gasteiger partial charge < -0.3 is 9.42 Å². The molecule has 6 heteroatoms. The molecule has 0 aliphatic carbocycles. The molecular weight excluding hydrogens is 322 g/mol. The van der Waals surface area contributed by atoms with Gasteiger partial charge in [-0.25, -0.2) is 4.98 Å². The summed E-state index contributed by atoms with van der Waals surface area (Å²) in [5, 5.41) is 6.80. The van der Waals surface area contributed by atoms with E-state index < -0.39 is 0 Å². The molecule has 24 heavy (non-hydrogen) atoms. The number of carbonyl (C=O) groups is 1. The Bertz CT molecular complexity index is 826. The van der Waals surface area contributed by atoms with E-state index >= 15 is 0 Å². The minimum atomic E-state index is 0.0223. The van der Waals surface area contributed by atoms with Crippen LogP contribution >= 0.6 is 11.3 Å². The number of aromatic nitrogens is 2. The van der Waals surface area contributed by atoms with Crippen LogP contribution in [0, 0.1) is 6.92 Å². The predicted octanol–water partition coefficient (Wildman–Crippen LogP) is 3.98. The first-order valence-electron chi connectivity index (χ1n) is 7.74. The molecule has 0 unspecified atom stereocenters. The van der Waals surface area contributed by atoms with Crippen molar-refractivity contribution < 1.29 is 9.32 Å². The van der Waals surface area contributed by atoms with Crippen LogP contribution in [0.1, 0.15) is 34.0 Å². The molecule has 0 aliphatic heterocycles. The molecule has 5 nitrogen and oxygen atoms in total. The van der Waals surface area contributed by atoms with Gasteiger partial charge in [0.2, 0.25) is 0 Å². The zero-order valence-corrected chi connectivity index (χ0v) is 14.7. The van der Waals surface area contributed by atoms with Crippen molar-refractivity contribution in [3.63, 3.8) is 0 Å². The third-order valence-electron chi connectivity index (χ3n) is 3.89. The van der Waals surface area contributed by atoms with Gasteiger partial charge in [0.15, 0.2) is 0 Å². The normalized spacial score (nSPS) is 12.1. The molecule has 1 amide bonds. The molecule has 0 fully saturated rings. The van der Waals surface area contributed by atoms with E-state index in [4.69, 9.17) is 4.52 Å². The van der Waals surface area contributed by atoms with E-state index in [0.29, 0.717) is 12.1 Å². The van der Waals surface area contributed by atoms with Crippen molar-refractivity contribution >= 4 is 17.2 Å². The van der Waals surface area contributed by atoms with E-state index in [1.807, 2.05) is 49.7 Å². The van der Waals surface area contributed by atoms with E-state index in [2.05, 4.69) is 17.1 Å². The SMILES string of the molecule is Cc1oncc1-c1csc([C@@H](C)CN(C)C(=O)c2ccccc2)n1. The molecular formula is C18H19N3O2S. The summed E-state index contributed by atoms with van der Waals surface area (Å²) in [6, 6.07) is 9.32. The van der Waals surface area contributed by atoms with Gasteiger partial charge >= 0.3 is 0 Å². The van der Waals surface area contributed by atoms with Crippen molar-refractivity contribution in [1.82, 2.24) is 15.0 Å². The van der Waals surface area contributed by atoms with Crippen LogP contribution < -0.4 is 0 Å². The maximum atomic E-state index is 12.4. The molecule has 3 aromatic rings. The van der Waals surface area contributed by atoms with Crippen molar-refractivity contribution in [2.24, 2.45) is 0 Å². The van der Waals surface area contributed by atoms with Gasteiger partial charge in [0.1, 0.15) is 5.76 Å². The number of likely N-dealkylation sites (N-methyl/N-ethyl adjacent to an activating group) is 1. The second-order valence-corrected chi connectivity index (χ2v) is 6.71. The third kappa shape index (κ3) is 3.38. The van der Waals surface area contributed by atoms with Crippen molar-refractivity contribution in [3.05, 3.63) is 58.2 Å². The first kappa shape index (κ1) is 16.4. The molecule has 2 heterocycles. The second kappa shape index (κ2) is 6.97. The van der Waals surface area contributed by atoms with Crippen LogP contribution in [-0.4, -0.2) is 34.5 Å². The number of hydrogen-bond donors (Lipinski definition) is 0. The minimum Gasteiger partial charge on any atom is -0.361 e. The van der Waals surface area contributed by atoms with Crippen LogP contribution in [0.25, 0.3) is 11.3 Å². The summed E-state index contributed by atoms with van der Waals surface area (Å²) in [6.07, 6.45) is 1.68. The molecule has 1 aromatic carbocycles. The Kier molecular flexibility index (Phi) is 4.76. The molecule has 0 N–H and O–H groups in total. The zero-order chi connectivity index (χ0) is 17.1. The van der Waals surface area contributed by atoms with Crippen LogP contribution in [-0.2, 0) is 0 Å². The first-order chi connectivity index (χ1) is 11.6. The van der Waals surface area contributed by atoms with Crippen LogP contribution in [0.2, 0.25) is 0 Å². The van der Waals surface area contributed by atoms with Gasteiger partial charge in [-0.05, 0) is 19.1 Å². The number of rotatable bonds is 5. The van der Waals surface area contributed by atoms with Crippen molar-refractivity contribution in [2.45, 2.75) is 19.8 Å². The number of amides is 1. The van der Waals surface area contributed by atoms with Crippen LogP contribution in [0.15, 0.2) is 46.4 Å². The summed E-state index contributed by atoms with van der Waals surface area (Å²) in [5.74, 6) is 0.937. The lowest BCUT2D eigenvalue weighted by Gasteiger charge is -2.20. The average molecular weight is 341 g/mol. The second-order valence-electron chi connectivity index (χ2n) is 5.82. The van der Waals surface area contributed by atoms with E-state index in [9.17, 15) is 4.79 Å². The number of benzene rings is 1. The third-order valence-corrected chi connectivity index (χ3v) is 4.96. The maximum Gasteiger partial charge on any atom is 0.253 e. The highest BCUT2D eigenvalue weighted by Crippen LogP contribution is 2.28. The van der Waals surface area contributed by atoms with Crippen LogP contribution in [0.4, 0.5) is 0 Å². The minimum absolute atomic E-state index is 0.0223. The van der Waals surface area contributed by atoms with Gasteiger partial charge in [0.05, 0.1) is 22.5 Å². The summed E-state index contributed by atoms with van der Waals surface area (Å²) < 4.78 is 5.10. The van der Waals surface area contributed by atoms with Crippen molar-refractivity contribution in [1.29, 1.82) is 0 Å².